The molecule has 1 saturated heterocycles. The van der Waals surface area contributed by atoms with Gasteiger partial charge < -0.3 is 18.8 Å². The van der Waals surface area contributed by atoms with Crippen molar-refractivity contribution >= 4 is 24.2 Å². The first-order valence-corrected chi connectivity index (χ1v) is 41.3. The fourth-order valence-electron chi connectivity index (χ4n) is 18.2. The number of pyridine rings is 2. The monoisotopic (exact) mass is 1590 g/mol. The summed E-state index contributed by atoms with van der Waals surface area (Å²) < 4.78 is 26.1. The van der Waals surface area contributed by atoms with Crippen molar-refractivity contribution in [1.82, 2.24) is 39.9 Å². The molecule has 122 heavy (non-hydrogen) atoms. The van der Waals surface area contributed by atoms with E-state index in [1.54, 1.807) is 12.4 Å². The molecule has 4 aromatic heterocycles. The molecular weight excluding hydrogens is 1520 g/mol. The number of benzene rings is 14. The topological polar surface area (TPSA) is 140 Å². The van der Waals surface area contributed by atoms with Gasteiger partial charge in [0.25, 0.3) is 0 Å². The standard InChI is InChI=1S/C51H32N4O.C31H27BO3.C26H17ClN4/c1-2-14-33(15-3-1)48-53-49(37-19-11-17-35(31-37)34-16-10-18-36(30-34)38-20-13-29-52-32-38)55-50(54-48)40-22-12-26-44-47(40)39-21-4-5-23-41(39)51(44)42-24-6-8-27-45(42)56-46-28-9-7-25-43(46)51;1-29(2)30(3,4)35-32(34-29)25-17-11-16-24-28(25)20-12-5-6-13-21(20)31(24)22-14-7-9-18-26(22)33-27-19-10-8-15-23(27)31;27-26-30-24(18-7-2-1-3-8-18)29-25(31-26)22-12-5-10-20(16-22)19-9-4-11-21(15-19)23-13-6-14-28-17-23/h1-32H;5-19H,1-4H3;1-17H. The molecule has 0 N–H and O–H groups in total. The van der Waals surface area contributed by atoms with Crippen molar-refractivity contribution in [3.05, 3.63) is 439 Å². The van der Waals surface area contributed by atoms with E-state index in [2.05, 4.69) is 320 Å². The van der Waals surface area contributed by atoms with Gasteiger partial charge in [-0.15, -0.1) is 0 Å². The van der Waals surface area contributed by atoms with Crippen molar-refractivity contribution in [2.45, 2.75) is 49.7 Å². The molecule has 7 heterocycles. The molecule has 2 aliphatic carbocycles. The quantitative estimate of drug-likeness (QED) is 0.120. The van der Waals surface area contributed by atoms with Gasteiger partial charge in [-0.2, -0.15) is 9.97 Å². The van der Waals surface area contributed by atoms with E-state index in [9.17, 15) is 0 Å². The number of fused-ring (bicyclic) bond motifs is 18. The van der Waals surface area contributed by atoms with Crippen molar-refractivity contribution in [1.29, 1.82) is 0 Å². The van der Waals surface area contributed by atoms with Crippen molar-refractivity contribution in [3.8, 4) is 147 Å². The maximum atomic E-state index is 6.57. The van der Waals surface area contributed by atoms with Crippen LogP contribution < -0.4 is 14.9 Å². The summed E-state index contributed by atoms with van der Waals surface area (Å²) in [6.45, 7) is 8.43. The molecule has 0 unspecified atom stereocenters. The molecule has 23 rings (SSSR count). The minimum absolute atomic E-state index is 0.174. The van der Waals surface area contributed by atoms with E-state index in [0.29, 0.717) is 29.1 Å². The van der Waals surface area contributed by atoms with E-state index >= 15 is 0 Å². The number of ether oxygens (including phenoxy) is 2. The largest absolute Gasteiger partial charge is 0.495 e. The molecular formula is C108H76BClN8O4. The second kappa shape index (κ2) is 30.6. The highest BCUT2D eigenvalue weighted by atomic mass is 35.5. The first kappa shape index (κ1) is 74.8. The third kappa shape index (κ3) is 12.9. The van der Waals surface area contributed by atoms with Crippen LogP contribution >= 0.6 is 11.6 Å². The van der Waals surface area contributed by atoms with Crippen LogP contribution in [0.1, 0.15) is 72.2 Å². The van der Waals surface area contributed by atoms with Gasteiger partial charge in [0.1, 0.15) is 23.0 Å². The molecule has 0 amide bonds. The van der Waals surface area contributed by atoms with Crippen LogP contribution in [0.2, 0.25) is 5.28 Å². The molecule has 0 atom stereocenters. The van der Waals surface area contributed by atoms with Gasteiger partial charge in [0, 0.05) is 86.0 Å². The lowest BCUT2D eigenvalue weighted by Gasteiger charge is -2.39. The van der Waals surface area contributed by atoms with Gasteiger partial charge >= 0.3 is 7.12 Å². The van der Waals surface area contributed by atoms with Crippen molar-refractivity contribution in [2.24, 2.45) is 0 Å². The number of hydrogen-bond donors (Lipinski definition) is 0. The molecule has 0 radical (unpaired) electrons. The van der Waals surface area contributed by atoms with Crippen LogP contribution in [-0.2, 0) is 20.1 Å². The summed E-state index contributed by atoms with van der Waals surface area (Å²) in [6, 6.07) is 126. The molecule has 582 valence electrons. The van der Waals surface area contributed by atoms with E-state index in [0.717, 1.165) is 134 Å². The summed E-state index contributed by atoms with van der Waals surface area (Å²) >= 11 is 6.23. The fraction of sp³-hybridized carbons (Fsp3) is 0.0741. The molecule has 5 aliphatic rings. The van der Waals surface area contributed by atoms with Gasteiger partial charge in [-0.25, -0.2) is 19.9 Å². The minimum Gasteiger partial charge on any atom is -0.457 e. The Bertz CT molecular complexity index is 6990. The highest BCUT2D eigenvalue weighted by Crippen LogP contribution is 2.65. The van der Waals surface area contributed by atoms with Gasteiger partial charge in [-0.1, -0.05) is 303 Å². The summed E-state index contributed by atoms with van der Waals surface area (Å²) in [5.74, 6) is 6.47. The molecule has 14 heteroatoms. The Morgan fingerprint density at radius 3 is 0.975 bits per heavy atom. The van der Waals surface area contributed by atoms with E-state index in [-0.39, 0.29) is 5.28 Å². The predicted molar refractivity (Wildman–Crippen MR) is 486 cm³/mol. The minimum atomic E-state index is -0.593. The van der Waals surface area contributed by atoms with Crippen molar-refractivity contribution in [3.63, 3.8) is 0 Å². The summed E-state index contributed by atoms with van der Waals surface area (Å²) in [7, 11) is -0.441. The van der Waals surface area contributed by atoms with Crippen LogP contribution in [0, 0.1) is 0 Å². The highest BCUT2D eigenvalue weighted by Gasteiger charge is 2.57. The maximum absolute atomic E-state index is 6.57. The van der Waals surface area contributed by atoms with Crippen LogP contribution in [-0.4, -0.2) is 58.2 Å². The Kier molecular flexibility index (Phi) is 18.7. The number of rotatable bonds is 10. The van der Waals surface area contributed by atoms with Crippen LogP contribution in [0.15, 0.2) is 389 Å². The highest BCUT2D eigenvalue weighted by molar-refractivity contribution is 6.64. The molecule has 1 fully saturated rings. The first-order valence-electron chi connectivity index (χ1n) is 40.9. The SMILES string of the molecule is CC1(C)OB(c2cccc3c2-c2ccccc2C32c3ccccc3Oc3ccccc32)OC1(C)C.Clc1nc(-c2ccccc2)nc(-c2cccc(-c3cccc(-c4cccnc4)c3)c2)n1.c1ccc(-c2nc(-c3cccc(-c4cccc(-c5cccnc5)c4)c3)nc(-c3cccc4c3-c3ccccc3C43c4ccccc4Oc4ccccc43)n2)cc1. The summed E-state index contributed by atoms with van der Waals surface area (Å²) in [4.78, 5) is 37.6. The van der Waals surface area contributed by atoms with Crippen molar-refractivity contribution in [2.75, 3.05) is 0 Å². The molecule has 14 aromatic carbocycles. The van der Waals surface area contributed by atoms with Crippen LogP contribution in [0.25, 0.3) is 124 Å². The molecule has 18 aromatic rings. The van der Waals surface area contributed by atoms with Crippen molar-refractivity contribution < 1.29 is 18.8 Å². The average molecular weight is 1600 g/mol. The van der Waals surface area contributed by atoms with Gasteiger partial charge in [-0.05, 0) is 183 Å². The van der Waals surface area contributed by atoms with Crippen LogP contribution in [0.5, 0.6) is 23.0 Å². The lowest BCUT2D eigenvalue weighted by Crippen LogP contribution is -2.41. The number of aromatic nitrogens is 8. The summed E-state index contributed by atoms with van der Waals surface area (Å²) in [5.41, 5.74) is 26.7. The molecule has 12 nitrogen and oxygen atoms in total. The number of nitrogens with zero attached hydrogens (tertiary/aromatic N) is 8. The Morgan fingerprint density at radius 1 is 0.246 bits per heavy atom. The predicted octanol–water partition coefficient (Wildman–Crippen LogP) is 25.1. The fourth-order valence-corrected chi connectivity index (χ4v) is 18.4. The average Bonchev–Trinajstić information content (AvgIpc) is 1.51. The van der Waals surface area contributed by atoms with Crippen LogP contribution in [0.4, 0.5) is 0 Å². The zero-order valence-corrected chi connectivity index (χ0v) is 67.9. The van der Waals surface area contributed by atoms with E-state index in [4.69, 9.17) is 45.3 Å². The van der Waals surface area contributed by atoms with E-state index < -0.39 is 29.2 Å². The zero-order valence-electron chi connectivity index (χ0n) is 67.1. The van der Waals surface area contributed by atoms with Gasteiger partial charge in [-0.3, -0.25) is 9.97 Å². The Labute approximate surface area is 713 Å². The van der Waals surface area contributed by atoms with Gasteiger partial charge in [0.2, 0.25) is 5.28 Å². The third-order valence-corrected chi connectivity index (χ3v) is 24.6. The zero-order chi connectivity index (χ0) is 82.1. The van der Waals surface area contributed by atoms with Crippen LogP contribution in [0.3, 0.4) is 0 Å². The molecule has 2 spiro atoms. The number of halogens is 1. The van der Waals surface area contributed by atoms with E-state index in [1.165, 1.54) is 33.4 Å². The summed E-state index contributed by atoms with van der Waals surface area (Å²) in [5, 5.41) is 0.174. The first-order chi connectivity index (χ1) is 59.9. The van der Waals surface area contributed by atoms with Gasteiger partial charge in [0.15, 0.2) is 29.1 Å². The van der Waals surface area contributed by atoms with Gasteiger partial charge in [0.05, 0.1) is 22.0 Å². The Hall–Kier alpha value is -14.7. The second-order valence-electron chi connectivity index (χ2n) is 32.0. The molecule has 0 saturated carbocycles. The third-order valence-electron chi connectivity index (χ3n) is 24.5. The maximum Gasteiger partial charge on any atom is 0.495 e. The Balaban J connectivity index is 0.000000120. The summed E-state index contributed by atoms with van der Waals surface area (Å²) in [6.07, 6.45) is 7.34. The number of hydrogen-bond acceptors (Lipinski definition) is 12. The Morgan fingerprint density at radius 2 is 0.541 bits per heavy atom. The van der Waals surface area contributed by atoms with E-state index in [1.807, 2.05) is 109 Å². The lowest BCUT2D eigenvalue weighted by molar-refractivity contribution is 0.00578. The molecule has 3 aliphatic heterocycles. The normalized spacial score (nSPS) is 14.3. The molecule has 0 bridgehead atoms. The smallest absolute Gasteiger partial charge is 0.457 e. The second-order valence-corrected chi connectivity index (χ2v) is 32.3. The lowest BCUT2D eigenvalue weighted by atomic mass is 9.65. The number of para-hydroxylation sites is 4.